The van der Waals surface area contributed by atoms with Crippen LogP contribution in [-0.4, -0.2) is 5.78 Å². The highest BCUT2D eigenvalue weighted by atomic mass is 35.5. The maximum atomic E-state index is 12.0. The Balaban J connectivity index is 2.96. The molecule has 1 rings (SSSR count). The van der Waals surface area contributed by atoms with Gasteiger partial charge in [-0.1, -0.05) is 38.4 Å². The highest BCUT2D eigenvalue weighted by molar-refractivity contribution is 6.31. The minimum absolute atomic E-state index is 0.0197. The fourth-order valence-electron chi connectivity index (χ4n) is 1.47. The zero-order valence-corrected chi connectivity index (χ0v) is 10.5. The topological polar surface area (TPSA) is 17.1 Å². The molecule has 0 aliphatic heterocycles. The van der Waals surface area contributed by atoms with Crippen LogP contribution in [0.4, 0.5) is 0 Å². The average Bonchev–Trinajstić information content (AvgIpc) is 2.06. The molecule has 2 heteroatoms. The van der Waals surface area contributed by atoms with Crippen molar-refractivity contribution in [1.82, 2.24) is 0 Å². The molecule has 0 aromatic heterocycles. The van der Waals surface area contributed by atoms with Crippen LogP contribution >= 0.6 is 11.6 Å². The predicted molar refractivity (Wildman–Crippen MR) is 64.6 cm³/mol. The molecule has 0 atom stereocenters. The molecule has 0 aliphatic carbocycles. The van der Waals surface area contributed by atoms with Gasteiger partial charge in [0.1, 0.15) is 0 Å². The fraction of sp³-hybridized carbons (Fsp3) is 0.462. The summed E-state index contributed by atoms with van der Waals surface area (Å²) in [6.07, 6.45) is 0.550. The van der Waals surface area contributed by atoms with E-state index in [0.29, 0.717) is 11.4 Å². The number of ketones is 1. The van der Waals surface area contributed by atoms with Gasteiger partial charge in [0.2, 0.25) is 0 Å². The molecule has 0 fully saturated rings. The molecule has 1 aromatic carbocycles. The first kappa shape index (κ1) is 12.3. The van der Waals surface area contributed by atoms with Crippen LogP contribution in [0.25, 0.3) is 0 Å². The van der Waals surface area contributed by atoms with E-state index in [1.807, 2.05) is 19.1 Å². The molecule has 0 bridgehead atoms. The lowest BCUT2D eigenvalue weighted by molar-refractivity contribution is 0.0939. The lowest BCUT2D eigenvalue weighted by atomic mass is 9.87. The molecule has 0 unspecified atom stereocenters. The molecule has 0 saturated heterocycles. The van der Waals surface area contributed by atoms with Gasteiger partial charge in [-0.15, -0.1) is 0 Å². The van der Waals surface area contributed by atoms with Gasteiger partial charge in [-0.25, -0.2) is 0 Å². The maximum absolute atomic E-state index is 12.0. The number of benzene rings is 1. The van der Waals surface area contributed by atoms with Gasteiger partial charge in [-0.3, -0.25) is 4.79 Å². The molecular weight excluding hydrogens is 208 g/mol. The monoisotopic (exact) mass is 224 g/mol. The highest BCUT2D eigenvalue weighted by Gasteiger charge is 2.18. The minimum Gasteiger partial charge on any atom is -0.294 e. The van der Waals surface area contributed by atoms with Gasteiger partial charge in [-0.05, 0) is 30.0 Å². The number of rotatable bonds is 2. The Labute approximate surface area is 96.5 Å². The predicted octanol–water partition coefficient (Wildman–Crippen LogP) is 4.27. The van der Waals surface area contributed by atoms with Crippen molar-refractivity contribution in [1.29, 1.82) is 0 Å². The van der Waals surface area contributed by atoms with E-state index in [1.165, 1.54) is 0 Å². The third-order valence-electron chi connectivity index (χ3n) is 2.19. The van der Waals surface area contributed by atoms with Crippen LogP contribution in [0.2, 0.25) is 5.02 Å². The van der Waals surface area contributed by atoms with E-state index in [0.717, 1.165) is 11.1 Å². The molecular formula is C13H17ClO. The summed E-state index contributed by atoms with van der Waals surface area (Å²) in [5.74, 6) is 0.169. The molecule has 0 radical (unpaired) electrons. The summed E-state index contributed by atoms with van der Waals surface area (Å²) < 4.78 is 0. The number of hydrogen-bond donors (Lipinski definition) is 0. The van der Waals surface area contributed by atoms with Crippen molar-refractivity contribution in [3.63, 3.8) is 0 Å². The molecule has 15 heavy (non-hydrogen) atoms. The first-order chi connectivity index (χ1) is 6.79. The van der Waals surface area contributed by atoms with E-state index in [2.05, 4.69) is 20.8 Å². The number of halogens is 1. The van der Waals surface area contributed by atoms with Crippen molar-refractivity contribution in [2.75, 3.05) is 0 Å². The zero-order chi connectivity index (χ0) is 11.6. The van der Waals surface area contributed by atoms with Gasteiger partial charge < -0.3 is 0 Å². The SMILES string of the molecule is Cc1ccc(Cl)cc1C(=O)CC(C)(C)C. The van der Waals surface area contributed by atoms with Gasteiger partial charge in [0.15, 0.2) is 5.78 Å². The van der Waals surface area contributed by atoms with E-state index in [9.17, 15) is 4.79 Å². The fourth-order valence-corrected chi connectivity index (χ4v) is 1.64. The largest absolute Gasteiger partial charge is 0.294 e. The van der Waals surface area contributed by atoms with Crippen molar-refractivity contribution in [3.05, 3.63) is 34.3 Å². The molecule has 0 spiro atoms. The molecule has 1 nitrogen and oxygen atoms in total. The first-order valence-corrected chi connectivity index (χ1v) is 5.47. The van der Waals surface area contributed by atoms with E-state index >= 15 is 0 Å². The first-order valence-electron chi connectivity index (χ1n) is 5.09. The third kappa shape index (κ3) is 3.67. The standard InChI is InChI=1S/C13H17ClO/c1-9-5-6-10(14)7-11(9)12(15)8-13(2,3)4/h5-7H,8H2,1-4H3. The lowest BCUT2D eigenvalue weighted by Gasteiger charge is -2.17. The summed E-state index contributed by atoms with van der Waals surface area (Å²) in [6.45, 7) is 8.12. The molecule has 0 saturated carbocycles. The second kappa shape index (κ2) is 4.36. The Morgan fingerprint density at radius 3 is 2.47 bits per heavy atom. The van der Waals surface area contributed by atoms with Crippen LogP contribution in [0.3, 0.4) is 0 Å². The summed E-state index contributed by atoms with van der Waals surface area (Å²) in [7, 11) is 0. The van der Waals surface area contributed by atoms with Gasteiger partial charge >= 0.3 is 0 Å². The van der Waals surface area contributed by atoms with Crippen molar-refractivity contribution in [2.24, 2.45) is 5.41 Å². The second-order valence-corrected chi connectivity index (χ2v) is 5.56. The second-order valence-electron chi connectivity index (χ2n) is 5.12. The van der Waals surface area contributed by atoms with Crippen LogP contribution in [0.1, 0.15) is 43.1 Å². The van der Waals surface area contributed by atoms with E-state index in [4.69, 9.17) is 11.6 Å². The molecule has 0 amide bonds. The van der Waals surface area contributed by atoms with Crippen molar-refractivity contribution in [3.8, 4) is 0 Å². The number of Topliss-reactive ketones (excluding diaryl/α,β-unsaturated/α-hetero) is 1. The molecule has 0 N–H and O–H groups in total. The van der Waals surface area contributed by atoms with Crippen molar-refractivity contribution >= 4 is 17.4 Å². The van der Waals surface area contributed by atoms with Crippen molar-refractivity contribution in [2.45, 2.75) is 34.1 Å². The Hall–Kier alpha value is -0.820. The smallest absolute Gasteiger partial charge is 0.163 e. The Bertz CT molecular complexity index is 375. The van der Waals surface area contributed by atoms with Crippen LogP contribution in [0.15, 0.2) is 18.2 Å². The molecule has 0 aliphatic rings. The number of hydrogen-bond acceptors (Lipinski definition) is 1. The van der Waals surface area contributed by atoms with E-state index in [-0.39, 0.29) is 11.2 Å². The van der Waals surface area contributed by atoms with Crippen molar-refractivity contribution < 1.29 is 4.79 Å². The molecule has 0 heterocycles. The summed E-state index contributed by atoms with van der Waals surface area (Å²) in [6, 6.07) is 5.45. The van der Waals surface area contributed by atoms with Crippen LogP contribution in [0, 0.1) is 12.3 Å². The van der Waals surface area contributed by atoms with Gasteiger partial charge in [0.05, 0.1) is 0 Å². The zero-order valence-electron chi connectivity index (χ0n) is 9.73. The Morgan fingerprint density at radius 2 is 1.93 bits per heavy atom. The average molecular weight is 225 g/mol. The number of carbonyl (C=O) groups is 1. The van der Waals surface area contributed by atoms with E-state index in [1.54, 1.807) is 6.07 Å². The van der Waals surface area contributed by atoms with Gasteiger partial charge in [-0.2, -0.15) is 0 Å². The van der Waals surface area contributed by atoms with Gasteiger partial charge in [0, 0.05) is 17.0 Å². The summed E-state index contributed by atoms with van der Waals surface area (Å²) in [5.41, 5.74) is 1.76. The van der Waals surface area contributed by atoms with Crippen LogP contribution in [0.5, 0.6) is 0 Å². The third-order valence-corrected chi connectivity index (χ3v) is 2.43. The summed E-state index contributed by atoms with van der Waals surface area (Å²) >= 11 is 5.88. The van der Waals surface area contributed by atoms with Crippen LogP contribution in [-0.2, 0) is 0 Å². The maximum Gasteiger partial charge on any atom is 0.163 e. The normalized spacial score (nSPS) is 11.5. The molecule has 82 valence electrons. The van der Waals surface area contributed by atoms with Gasteiger partial charge in [0.25, 0.3) is 0 Å². The highest BCUT2D eigenvalue weighted by Crippen LogP contribution is 2.24. The Kier molecular flexibility index (Phi) is 3.56. The summed E-state index contributed by atoms with van der Waals surface area (Å²) in [5, 5.41) is 0.623. The Morgan fingerprint density at radius 1 is 1.33 bits per heavy atom. The summed E-state index contributed by atoms with van der Waals surface area (Å²) in [4.78, 5) is 12.0. The number of carbonyl (C=O) groups excluding carboxylic acids is 1. The lowest BCUT2D eigenvalue weighted by Crippen LogP contribution is -2.13. The van der Waals surface area contributed by atoms with E-state index < -0.39 is 0 Å². The van der Waals surface area contributed by atoms with Crippen LogP contribution < -0.4 is 0 Å². The minimum atomic E-state index is 0.0197. The quantitative estimate of drug-likeness (QED) is 0.686. The molecule has 1 aromatic rings. The number of aryl methyl sites for hydroxylation is 1.